The van der Waals surface area contributed by atoms with E-state index in [1.165, 1.54) is 19.2 Å². The lowest BCUT2D eigenvalue weighted by Crippen LogP contribution is -2.00. The number of halogens is 3. The lowest BCUT2D eigenvalue weighted by Gasteiger charge is -2.16. The summed E-state index contributed by atoms with van der Waals surface area (Å²) in [6.45, 7) is 1.94. The molecular formula is C15H13Cl2FO. The second kappa shape index (κ2) is 5.81. The van der Waals surface area contributed by atoms with Crippen LogP contribution < -0.4 is 4.74 Å². The third kappa shape index (κ3) is 3.02. The maximum absolute atomic E-state index is 13.4. The summed E-state index contributed by atoms with van der Waals surface area (Å²) in [4.78, 5) is 0. The van der Waals surface area contributed by atoms with Gasteiger partial charge in [-0.15, -0.1) is 11.6 Å². The number of benzene rings is 2. The van der Waals surface area contributed by atoms with Gasteiger partial charge in [-0.1, -0.05) is 17.7 Å². The monoisotopic (exact) mass is 298 g/mol. The summed E-state index contributed by atoms with van der Waals surface area (Å²) < 4.78 is 18.6. The van der Waals surface area contributed by atoms with Gasteiger partial charge in [0.15, 0.2) is 0 Å². The molecule has 0 aliphatic carbocycles. The smallest absolute Gasteiger partial charge is 0.124 e. The quantitative estimate of drug-likeness (QED) is 0.714. The average molecular weight is 299 g/mol. The Morgan fingerprint density at radius 1 is 1.11 bits per heavy atom. The molecule has 0 spiro atoms. The molecule has 0 amide bonds. The number of methoxy groups -OCH3 is 1. The van der Waals surface area contributed by atoms with E-state index in [-0.39, 0.29) is 5.82 Å². The summed E-state index contributed by atoms with van der Waals surface area (Å²) in [7, 11) is 1.53. The molecule has 0 N–H and O–H groups in total. The summed E-state index contributed by atoms with van der Waals surface area (Å²) >= 11 is 12.4. The van der Waals surface area contributed by atoms with E-state index in [9.17, 15) is 4.39 Å². The molecule has 4 heteroatoms. The molecule has 0 heterocycles. The molecule has 1 nitrogen and oxygen atoms in total. The molecule has 0 aliphatic heterocycles. The van der Waals surface area contributed by atoms with Crippen LogP contribution in [0, 0.1) is 12.7 Å². The fraction of sp³-hybridized carbons (Fsp3) is 0.200. The third-order valence-corrected chi connectivity index (χ3v) is 3.68. The first-order chi connectivity index (χ1) is 9.02. The Labute approximate surface area is 121 Å². The van der Waals surface area contributed by atoms with Gasteiger partial charge >= 0.3 is 0 Å². The van der Waals surface area contributed by atoms with Crippen LogP contribution in [0.15, 0.2) is 36.4 Å². The predicted molar refractivity (Wildman–Crippen MR) is 76.8 cm³/mol. The van der Waals surface area contributed by atoms with Crippen LogP contribution in [0.5, 0.6) is 5.75 Å². The lowest BCUT2D eigenvalue weighted by atomic mass is 9.99. The van der Waals surface area contributed by atoms with Gasteiger partial charge in [0.25, 0.3) is 0 Å². The second-order valence-electron chi connectivity index (χ2n) is 4.25. The van der Waals surface area contributed by atoms with E-state index in [0.29, 0.717) is 16.3 Å². The fourth-order valence-electron chi connectivity index (χ4n) is 1.96. The van der Waals surface area contributed by atoms with Crippen molar-refractivity contribution < 1.29 is 9.13 Å². The van der Waals surface area contributed by atoms with Crippen LogP contribution in [0.1, 0.15) is 22.1 Å². The summed E-state index contributed by atoms with van der Waals surface area (Å²) in [5.74, 6) is 0.210. The number of ether oxygens (including phenoxy) is 1. The highest BCUT2D eigenvalue weighted by molar-refractivity contribution is 6.31. The highest BCUT2D eigenvalue weighted by Gasteiger charge is 2.18. The van der Waals surface area contributed by atoms with Crippen LogP contribution in [-0.4, -0.2) is 7.11 Å². The Bertz CT molecular complexity index is 599. The summed E-state index contributed by atoms with van der Waals surface area (Å²) in [5, 5.41) is 0.0889. The van der Waals surface area contributed by atoms with Crippen LogP contribution in [0.4, 0.5) is 4.39 Å². The number of alkyl halides is 1. The standard InChI is InChI=1S/C15H13Cl2FO/c1-9-3-4-10(16)7-12(9)15(17)13-8-11(18)5-6-14(13)19-2/h3-8,15H,1-2H3. The van der Waals surface area contributed by atoms with Crippen molar-refractivity contribution in [3.63, 3.8) is 0 Å². The van der Waals surface area contributed by atoms with Gasteiger partial charge in [-0.2, -0.15) is 0 Å². The highest BCUT2D eigenvalue weighted by atomic mass is 35.5. The molecule has 0 aromatic heterocycles. The molecule has 19 heavy (non-hydrogen) atoms. The zero-order valence-corrected chi connectivity index (χ0v) is 12.1. The maximum Gasteiger partial charge on any atom is 0.124 e. The minimum absolute atomic E-state index is 0.346. The average Bonchev–Trinajstić information content (AvgIpc) is 2.40. The van der Waals surface area contributed by atoms with Gasteiger partial charge in [-0.05, 0) is 48.4 Å². The molecule has 0 aliphatic rings. The number of hydrogen-bond acceptors (Lipinski definition) is 1. The summed E-state index contributed by atoms with van der Waals surface area (Å²) in [5.41, 5.74) is 2.43. The first-order valence-electron chi connectivity index (χ1n) is 5.76. The number of hydrogen-bond donors (Lipinski definition) is 0. The topological polar surface area (TPSA) is 9.23 Å². The molecule has 2 rings (SSSR count). The number of rotatable bonds is 3. The van der Waals surface area contributed by atoms with E-state index in [4.69, 9.17) is 27.9 Å². The number of aryl methyl sites for hydroxylation is 1. The molecule has 2 aromatic carbocycles. The van der Waals surface area contributed by atoms with E-state index in [1.807, 2.05) is 13.0 Å². The third-order valence-electron chi connectivity index (χ3n) is 2.98. The predicted octanol–water partition coefficient (Wildman–Crippen LogP) is 5.12. The van der Waals surface area contributed by atoms with Crippen molar-refractivity contribution in [2.75, 3.05) is 7.11 Å². The zero-order chi connectivity index (χ0) is 14.0. The Morgan fingerprint density at radius 2 is 1.84 bits per heavy atom. The largest absolute Gasteiger partial charge is 0.496 e. The highest BCUT2D eigenvalue weighted by Crippen LogP contribution is 2.37. The van der Waals surface area contributed by atoms with Gasteiger partial charge in [0, 0.05) is 10.6 Å². The molecular weight excluding hydrogens is 286 g/mol. The van der Waals surface area contributed by atoms with Crippen molar-refractivity contribution in [3.8, 4) is 5.75 Å². The molecule has 2 aromatic rings. The Morgan fingerprint density at radius 3 is 2.53 bits per heavy atom. The molecule has 0 fully saturated rings. The van der Waals surface area contributed by atoms with Gasteiger partial charge in [0.1, 0.15) is 11.6 Å². The molecule has 100 valence electrons. The minimum atomic E-state index is -0.510. The Kier molecular flexibility index (Phi) is 4.33. The lowest BCUT2D eigenvalue weighted by molar-refractivity contribution is 0.409. The Balaban J connectivity index is 2.51. The van der Waals surface area contributed by atoms with Crippen LogP contribution in [0.2, 0.25) is 5.02 Å². The van der Waals surface area contributed by atoms with E-state index in [1.54, 1.807) is 18.2 Å². The van der Waals surface area contributed by atoms with Crippen molar-refractivity contribution in [2.45, 2.75) is 12.3 Å². The van der Waals surface area contributed by atoms with Gasteiger partial charge in [0.05, 0.1) is 12.5 Å². The van der Waals surface area contributed by atoms with Crippen molar-refractivity contribution in [3.05, 3.63) is 63.9 Å². The fourth-order valence-corrected chi connectivity index (χ4v) is 2.54. The van der Waals surface area contributed by atoms with Gasteiger partial charge in [0.2, 0.25) is 0 Å². The molecule has 0 radical (unpaired) electrons. The van der Waals surface area contributed by atoms with Crippen molar-refractivity contribution in [1.29, 1.82) is 0 Å². The van der Waals surface area contributed by atoms with E-state index in [0.717, 1.165) is 11.1 Å². The summed E-state index contributed by atoms with van der Waals surface area (Å²) in [6, 6.07) is 9.78. The Hall–Kier alpha value is -1.25. The van der Waals surface area contributed by atoms with Gasteiger partial charge < -0.3 is 4.74 Å². The van der Waals surface area contributed by atoms with Crippen LogP contribution in [-0.2, 0) is 0 Å². The maximum atomic E-state index is 13.4. The summed E-state index contributed by atoms with van der Waals surface area (Å²) in [6.07, 6.45) is 0. The van der Waals surface area contributed by atoms with Crippen molar-refractivity contribution >= 4 is 23.2 Å². The van der Waals surface area contributed by atoms with Crippen molar-refractivity contribution in [1.82, 2.24) is 0 Å². The first kappa shape index (κ1) is 14.2. The van der Waals surface area contributed by atoms with E-state index in [2.05, 4.69) is 0 Å². The van der Waals surface area contributed by atoms with E-state index >= 15 is 0 Å². The second-order valence-corrected chi connectivity index (χ2v) is 5.12. The minimum Gasteiger partial charge on any atom is -0.496 e. The van der Waals surface area contributed by atoms with Crippen LogP contribution in [0.3, 0.4) is 0 Å². The molecule has 0 saturated heterocycles. The molecule has 1 unspecified atom stereocenters. The van der Waals surface area contributed by atoms with Gasteiger partial charge in [-0.25, -0.2) is 4.39 Å². The molecule has 1 atom stereocenters. The molecule has 0 bridgehead atoms. The zero-order valence-electron chi connectivity index (χ0n) is 10.6. The van der Waals surface area contributed by atoms with Crippen LogP contribution in [0.25, 0.3) is 0 Å². The van der Waals surface area contributed by atoms with Crippen LogP contribution >= 0.6 is 23.2 Å². The van der Waals surface area contributed by atoms with E-state index < -0.39 is 5.38 Å². The normalized spacial score (nSPS) is 12.3. The van der Waals surface area contributed by atoms with Crippen molar-refractivity contribution in [2.24, 2.45) is 0 Å². The first-order valence-corrected chi connectivity index (χ1v) is 6.58. The van der Waals surface area contributed by atoms with Gasteiger partial charge in [-0.3, -0.25) is 0 Å². The SMILES string of the molecule is COc1ccc(F)cc1C(Cl)c1cc(Cl)ccc1C. The molecule has 0 saturated carbocycles.